The molecular formula is C14H23ClN2O2S. The fourth-order valence-electron chi connectivity index (χ4n) is 1.37. The topological polar surface area (TPSA) is 64.3 Å². The van der Waals surface area contributed by atoms with E-state index < -0.39 is 11.6 Å². The highest BCUT2D eigenvalue weighted by molar-refractivity contribution is 7.98. The Morgan fingerprint density at radius 3 is 2.40 bits per heavy atom. The summed E-state index contributed by atoms with van der Waals surface area (Å²) in [5, 5.41) is 2.77. The summed E-state index contributed by atoms with van der Waals surface area (Å²) in [4.78, 5) is 13.0. The lowest BCUT2D eigenvalue weighted by molar-refractivity contribution is -0.127. The Morgan fingerprint density at radius 1 is 1.40 bits per heavy atom. The molecule has 0 saturated carbocycles. The van der Waals surface area contributed by atoms with E-state index in [4.69, 9.17) is 10.5 Å². The minimum Gasteiger partial charge on any atom is -0.481 e. The number of rotatable bonds is 6. The van der Waals surface area contributed by atoms with Crippen LogP contribution < -0.4 is 15.8 Å². The third-order valence-corrected chi connectivity index (χ3v) is 3.20. The SMILES string of the molecule is CSc1ccc(OC(C)C(=O)NCC(C)(C)N)cc1.Cl. The second-order valence-electron chi connectivity index (χ2n) is 5.14. The van der Waals surface area contributed by atoms with E-state index in [1.807, 2.05) is 44.4 Å². The maximum absolute atomic E-state index is 11.8. The third kappa shape index (κ3) is 7.03. The molecule has 3 N–H and O–H groups in total. The zero-order valence-corrected chi connectivity index (χ0v) is 13.9. The minimum atomic E-state index is -0.539. The van der Waals surface area contributed by atoms with Gasteiger partial charge in [-0.3, -0.25) is 4.79 Å². The van der Waals surface area contributed by atoms with Gasteiger partial charge >= 0.3 is 0 Å². The predicted molar refractivity (Wildman–Crippen MR) is 86.8 cm³/mol. The molecule has 1 rings (SSSR count). The van der Waals surface area contributed by atoms with Crippen molar-refractivity contribution >= 4 is 30.1 Å². The van der Waals surface area contributed by atoms with Crippen molar-refractivity contribution in [3.05, 3.63) is 24.3 Å². The zero-order chi connectivity index (χ0) is 14.5. The Bertz CT molecular complexity index is 418. The van der Waals surface area contributed by atoms with Crippen LogP contribution in [0.2, 0.25) is 0 Å². The first-order valence-electron chi connectivity index (χ1n) is 6.19. The number of amides is 1. The largest absolute Gasteiger partial charge is 0.481 e. The van der Waals surface area contributed by atoms with Crippen molar-refractivity contribution in [2.24, 2.45) is 5.73 Å². The number of ether oxygens (including phenoxy) is 1. The van der Waals surface area contributed by atoms with Gasteiger partial charge in [-0.25, -0.2) is 0 Å². The number of nitrogens with one attached hydrogen (secondary N) is 1. The summed E-state index contributed by atoms with van der Waals surface area (Å²) in [7, 11) is 0. The van der Waals surface area contributed by atoms with Gasteiger partial charge in [0.25, 0.3) is 5.91 Å². The molecule has 0 heterocycles. The normalized spacial score (nSPS) is 12.2. The molecule has 1 aromatic rings. The van der Waals surface area contributed by atoms with E-state index in [9.17, 15) is 4.79 Å². The van der Waals surface area contributed by atoms with Crippen LogP contribution in [0.5, 0.6) is 5.75 Å². The highest BCUT2D eigenvalue weighted by Crippen LogP contribution is 2.19. The quantitative estimate of drug-likeness (QED) is 0.791. The average Bonchev–Trinajstić information content (AvgIpc) is 2.36. The van der Waals surface area contributed by atoms with Crippen molar-refractivity contribution in [2.45, 2.75) is 37.3 Å². The lowest BCUT2D eigenvalue weighted by Gasteiger charge is -2.21. The highest BCUT2D eigenvalue weighted by atomic mass is 35.5. The molecule has 0 aromatic heterocycles. The van der Waals surface area contributed by atoms with Gasteiger partial charge in [-0.2, -0.15) is 0 Å². The number of carbonyl (C=O) groups is 1. The number of benzene rings is 1. The van der Waals surface area contributed by atoms with Gasteiger partial charge in [0.1, 0.15) is 5.75 Å². The maximum Gasteiger partial charge on any atom is 0.260 e. The van der Waals surface area contributed by atoms with Crippen LogP contribution in [0, 0.1) is 0 Å². The molecule has 0 saturated heterocycles. The number of thioether (sulfide) groups is 1. The Hall–Kier alpha value is -0.910. The molecule has 1 aromatic carbocycles. The van der Waals surface area contributed by atoms with E-state index in [1.165, 1.54) is 0 Å². The third-order valence-electron chi connectivity index (χ3n) is 2.46. The molecule has 4 nitrogen and oxygen atoms in total. The van der Waals surface area contributed by atoms with Gasteiger partial charge < -0.3 is 15.8 Å². The second kappa shape index (κ2) is 8.39. The van der Waals surface area contributed by atoms with E-state index >= 15 is 0 Å². The summed E-state index contributed by atoms with van der Waals surface area (Å²) in [5.41, 5.74) is 5.39. The fourth-order valence-corrected chi connectivity index (χ4v) is 1.78. The molecule has 0 aliphatic carbocycles. The lowest BCUT2D eigenvalue weighted by atomic mass is 10.1. The monoisotopic (exact) mass is 318 g/mol. The standard InChI is InChI=1S/C14H22N2O2S.ClH/c1-10(13(17)16-9-14(2,3)15)18-11-5-7-12(19-4)8-6-11;/h5-8,10H,9,15H2,1-4H3,(H,16,17);1H. The van der Waals surface area contributed by atoms with Crippen molar-refractivity contribution in [1.29, 1.82) is 0 Å². The molecule has 0 radical (unpaired) electrons. The predicted octanol–water partition coefficient (Wildman–Crippen LogP) is 2.45. The van der Waals surface area contributed by atoms with Crippen LogP contribution in [0.4, 0.5) is 0 Å². The van der Waals surface area contributed by atoms with Gasteiger partial charge in [-0.1, -0.05) is 0 Å². The number of halogens is 1. The zero-order valence-electron chi connectivity index (χ0n) is 12.3. The molecule has 0 aliphatic heterocycles. The van der Waals surface area contributed by atoms with Crippen LogP contribution in [0.15, 0.2) is 29.2 Å². The molecule has 6 heteroatoms. The van der Waals surface area contributed by atoms with Crippen molar-refractivity contribution in [3.8, 4) is 5.75 Å². The van der Waals surface area contributed by atoms with Crippen LogP contribution in [0.3, 0.4) is 0 Å². The number of carbonyl (C=O) groups excluding carboxylic acids is 1. The van der Waals surface area contributed by atoms with Crippen molar-refractivity contribution in [2.75, 3.05) is 12.8 Å². The summed E-state index contributed by atoms with van der Waals surface area (Å²) >= 11 is 1.66. The van der Waals surface area contributed by atoms with Crippen LogP contribution in [-0.4, -0.2) is 30.4 Å². The van der Waals surface area contributed by atoms with E-state index in [1.54, 1.807) is 18.7 Å². The molecule has 0 aliphatic rings. The summed E-state index contributed by atoms with van der Waals surface area (Å²) < 4.78 is 5.58. The number of nitrogens with two attached hydrogens (primary N) is 1. The Kier molecular flexibility index (Phi) is 8.01. The van der Waals surface area contributed by atoms with Crippen molar-refractivity contribution in [1.82, 2.24) is 5.32 Å². The first-order chi connectivity index (χ1) is 8.81. The molecule has 20 heavy (non-hydrogen) atoms. The van der Waals surface area contributed by atoms with Gasteiger partial charge in [0.2, 0.25) is 0 Å². The molecule has 114 valence electrons. The molecular weight excluding hydrogens is 296 g/mol. The van der Waals surface area contributed by atoms with Gasteiger partial charge in [0.05, 0.1) is 0 Å². The fraction of sp³-hybridized carbons (Fsp3) is 0.500. The van der Waals surface area contributed by atoms with E-state index in [0.717, 1.165) is 4.90 Å². The molecule has 1 unspecified atom stereocenters. The second-order valence-corrected chi connectivity index (χ2v) is 6.02. The number of hydrogen-bond donors (Lipinski definition) is 2. The first kappa shape index (κ1) is 19.1. The maximum atomic E-state index is 11.8. The van der Waals surface area contributed by atoms with Crippen molar-refractivity contribution < 1.29 is 9.53 Å². The van der Waals surface area contributed by atoms with Gasteiger partial charge in [0, 0.05) is 17.0 Å². The van der Waals surface area contributed by atoms with Gasteiger partial charge in [-0.15, -0.1) is 24.2 Å². The Morgan fingerprint density at radius 2 is 1.95 bits per heavy atom. The van der Waals surface area contributed by atoms with E-state index in [-0.39, 0.29) is 18.3 Å². The summed E-state index contributed by atoms with van der Waals surface area (Å²) in [6.45, 7) is 5.87. The highest BCUT2D eigenvalue weighted by Gasteiger charge is 2.18. The smallest absolute Gasteiger partial charge is 0.260 e. The van der Waals surface area contributed by atoms with Gasteiger partial charge in [-0.05, 0) is 51.3 Å². The lowest BCUT2D eigenvalue weighted by Crippen LogP contribution is -2.48. The van der Waals surface area contributed by atoms with Crippen LogP contribution in [0.25, 0.3) is 0 Å². The Balaban J connectivity index is 0.00000361. The summed E-state index contributed by atoms with van der Waals surface area (Å²) in [6.07, 6.45) is 1.48. The average molecular weight is 319 g/mol. The van der Waals surface area contributed by atoms with Gasteiger partial charge in [0.15, 0.2) is 6.10 Å². The Labute approximate surface area is 131 Å². The molecule has 0 spiro atoms. The molecule has 1 amide bonds. The number of hydrogen-bond acceptors (Lipinski definition) is 4. The van der Waals surface area contributed by atoms with Crippen molar-refractivity contribution in [3.63, 3.8) is 0 Å². The van der Waals surface area contributed by atoms with E-state index in [0.29, 0.717) is 12.3 Å². The van der Waals surface area contributed by atoms with E-state index in [2.05, 4.69) is 5.32 Å². The molecule has 0 bridgehead atoms. The molecule has 0 fully saturated rings. The summed E-state index contributed by atoms with van der Waals surface area (Å²) in [6, 6.07) is 7.66. The van der Waals surface area contributed by atoms with Crippen LogP contribution in [-0.2, 0) is 4.79 Å². The van der Waals surface area contributed by atoms with Crippen LogP contribution >= 0.6 is 24.2 Å². The minimum absolute atomic E-state index is 0. The first-order valence-corrected chi connectivity index (χ1v) is 7.41. The molecule has 1 atom stereocenters. The van der Waals surface area contributed by atoms with Crippen LogP contribution in [0.1, 0.15) is 20.8 Å². The summed E-state index contributed by atoms with van der Waals surface area (Å²) in [5.74, 6) is 0.528.